The molecule has 0 unspecified atom stereocenters. The van der Waals surface area contributed by atoms with Crippen LogP contribution in [0.4, 0.5) is 10.8 Å². The van der Waals surface area contributed by atoms with Gasteiger partial charge in [-0.2, -0.15) is 5.26 Å². The molecule has 0 aliphatic heterocycles. The molecule has 2 aromatic heterocycles. The quantitative estimate of drug-likeness (QED) is 0.661. The molecule has 7 heteroatoms. The van der Waals surface area contributed by atoms with Crippen molar-refractivity contribution in [3.63, 3.8) is 0 Å². The Morgan fingerprint density at radius 3 is 2.68 bits per heavy atom. The molecular formula is C18H18N4OS2. The number of rotatable bonds is 5. The van der Waals surface area contributed by atoms with E-state index in [1.54, 1.807) is 23.5 Å². The highest BCUT2D eigenvalue weighted by atomic mass is 32.1. The third-order valence-corrected chi connectivity index (χ3v) is 5.21. The van der Waals surface area contributed by atoms with E-state index >= 15 is 0 Å². The summed E-state index contributed by atoms with van der Waals surface area (Å²) in [6, 6.07) is 7.50. The number of hydrogen-bond donors (Lipinski definition) is 1. The maximum absolute atomic E-state index is 9.15. The molecule has 0 amide bonds. The molecule has 0 saturated heterocycles. The number of anilines is 2. The summed E-state index contributed by atoms with van der Waals surface area (Å²) in [5, 5.41) is 16.2. The lowest BCUT2D eigenvalue weighted by Crippen LogP contribution is -2.07. The highest BCUT2D eigenvalue weighted by molar-refractivity contribution is 7.16. The van der Waals surface area contributed by atoms with Gasteiger partial charge in [-0.1, -0.05) is 0 Å². The lowest BCUT2D eigenvalue weighted by Gasteiger charge is -2.14. The van der Waals surface area contributed by atoms with Crippen molar-refractivity contribution in [1.82, 2.24) is 9.97 Å². The van der Waals surface area contributed by atoms with Gasteiger partial charge in [-0.05, 0) is 45.9 Å². The van der Waals surface area contributed by atoms with E-state index in [4.69, 9.17) is 10.00 Å². The fraction of sp³-hybridized carbons (Fsp3) is 0.278. The van der Waals surface area contributed by atoms with E-state index in [0.717, 1.165) is 32.1 Å². The Bertz CT molecular complexity index is 937. The highest BCUT2D eigenvalue weighted by Gasteiger charge is 2.13. The average molecular weight is 371 g/mol. The van der Waals surface area contributed by atoms with Crippen molar-refractivity contribution in [2.24, 2.45) is 0 Å². The van der Waals surface area contributed by atoms with Crippen molar-refractivity contribution in [2.75, 3.05) is 5.32 Å². The van der Waals surface area contributed by atoms with Gasteiger partial charge in [0.05, 0.1) is 44.7 Å². The topological polar surface area (TPSA) is 70.8 Å². The second kappa shape index (κ2) is 7.21. The zero-order valence-electron chi connectivity index (χ0n) is 14.5. The fourth-order valence-electron chi connectivity index (χ4n) is 2.37. The molecular weight excluding hydrogens is 352 g/mol. The van der Waals surface area contributed by atoms with Crippen molar-refractivity contribution in [1.29, 1.82) is 5.26 Å². The smallest absolute Gasteiger partial charge is 0.187 e. The molecule has 25 heavy (non-hydrogen) atoms. The van der Waals surface area contributed by atoms with Gasteiger partial charge in [-0.25, -0.2) is 9.97 Å². The monoisotopic (exact) mass is 370 g/mol. The van der Waals surface area contributed by atoms with Crippen LogP contribution in [0.15, 0.2) is 23.6 Å². The molecule has 1 N–H and O–H groups in total. The van der Waals surface area contributed by atoms with Gasteiger partial charge in [0, 0.05) is 5.38 Å². The van der Waals surface area contributed by atoms with Crippen LogP contribution in [0.25, 0.3) is 10.6 Å². The molecule has 0 fully saturated rings. The Morgan fingerprint density at radius 2 is 2.04 bits per heavy atom. The number of hydrogen-bond acceptors (Lipinski definition) is 7. The molecule has 2 heterocycles. The van der Waals surface area contributed by atoms with E-state index < -0.39 is 0 Å². The lowest BCUT2D eigenvalue weighted by atomic mass is 10.2. The number of nitrogens with one attached hydrogen (secondary N) is 1. The summed E-state index contributed by atoms with van der Waals surface area (Å²) in [5.74, 6) is 0.704. The molecule has 0 saturated carbocycles. The Balaban J connectivity index is 1.90. The first kappa shape index (κ1) is 17.4. The van der Waals surface area contributed by atoms with E-state index in [9.17, 15) is 0 Å². The van der Waals surface area contributed by atoms with Gasteiger partial charge < -0.3 is 10.1 Å². The van der Waals surface area contributed by atoms with Crippen molar-refractivity contribution in [2.45, 2.75) is 33.8 Å². The predicted molar refractivity (Wildman–Crippen MR) is 103 cm³/mol. The summed E-state index contributed by atoms with van der Waals surface area (Å²) in [6.07, 6.45) is 0.0446. The van der Waals surface area contributed by atoms with E-state index in [-0.39, 0.29) is 6.10 Å². The van der Waals surface area contributed by atoms with Crippen LogP contribution in [0.5, 0.6) is 5.75 Å². The number of thiazole rings is 2. The zero-order chi connectivity index (χ0) is 18.0. The number of aromatic nitrogens is 2. The van der Waals surface area contributed by atoms with Gasteiger partial charge >= 0.3 is 0 Å². The molecule has 0 aliphatic rings. The summed E-state index contributed by atoms with van der Waals surface area (Å²) in [5.41, 5.74) is 3.23. The molecule has 128 valence electrons. The van der Waals surface area contributed by atoms with Crippen LogP contribution in [0, 0.1) is 25.2 Å². The number of benzene rings is 1. The third kappa shape index (κ3) is 3.98. The third-order valence-electron chi connectivity index (χ3n) is 3.35. The Morgan fingerprint density at radius 1 is 1.24 bits per heavy atom. The van der Waals surface area contributed by atoms with E-state index in [1.807, 2.05) is 39.1 Å². The molecule has 3 rings (SSSR count). The van der Waals surface area contributed by atoms with Crippen LogP contribution in [-0.4, -0.2) is 16.1 Å². The molecule has 0 aliphatic carbocycles. The van der Waals surface area contributed by atoms with Gasteiger partial charge in [0.1, 0.15) is 5.75 Å². The minimum absolute atomic E-state index is 0.0446. The first-order valence-corrected chi connectivity index (χ1v) is 9.53. The number of nitrogens with zero attached hydrogens (tertiary/aromatic N) is 3. The van der Waals surface area contributed by atoms with Crippen molar-refractivity contribution < 1.29 is 4.74 Å². The van der Waals surface area contributed by atoms with Gasteiger partial charge in [0.2, 0.25) is 0 Å². The maximum Gasteiger partial charge on any atom is 0.187 e. The van der Waals surface area contributed by atoms with Crippen LogP contribution in [0.3, 0.4) is 0 Å². The SMILES string of the molecule is Cc1nc(C)c(-c2csc(Nc3cc(C#N)ccc3OC(C)C)n2)s1. The molecule has 5 nitrogen and oxygen atoms in total. The van der Waals surface area contributed by atoms with E-state index in [1.165, 1.54) is 11.3 Å². The van der Waals surface area contributed by atoms with Crippen LogP contribution < -0.4 is 10.1 Å². The van der Waals surface area contributed by atoms with Crippen molar-refractivity contribution in [3.8, 4) is 22.4 Å². The normalized spacial score (nSPS) is 10.7. The zero-order valence-corrected chi connectivity index (χ0v) is 16.1. The Hall–Kier alpha value is -2.43. The van der Waals surface area contributed by atoms with Crippen LogP contribution in [0.2, 0.25) is 0 Å². The number of aryl methyl sites for hydroxylation is 2. The van der Waals surface area contributed by atoms with Crippen LogP contribution in [-0.2, 0) is 0 Å². The molecule has 0 bridgehead atoms. The van der Waals surface area contributed by atoms with Gasteiger partial charge in [-0.15, -0.1) is 22.7 Å². The Kier molecular flexibility index (Phi) is 5.02. The van der Waals surface area contributed by atoms with E-state index in [0.29, 0.717) is 11.3 Å². The molecule has 0 spiro atoms. The second-order valence-corrected chi connectivity index (χ2v) is 7.86. The fourth-order valence-corrected chi connectivity index (χ4v) is 4.04. The average Bonchev–Trinajstić information content (AvgIpc) is 3.14. The van der Waals surface area contributed by atoms with Crippen molar-refractivity contribution in [3.05, 3.63) is 39.8 Å². The summed E-state index contributed by atoms with van der Waals surface area (Å²) < 4.78 is 5.83. The standard InChI is InChI=1S/C18H18N4OS2/c1-10(2)23-16-6-5-13(8-19)7-14(16)21-18-22-15(9-24-18)17-11(3)20-12(4)25-17/h5-7,9-10H,1-4H3,(H,21,22). The number of nitriles is 1. The first-order chi connectivity index (χ1) is 12.0. The summed E-state index contributed by atoms with van der Waals surface area (Å²) in [6.45, 7) is 7.93. The minimum atomic E-state index is 0.0446. The van der Waals surface area contributed by atoms with Gasteiger partial charge in [0.15, 0.2) is 5.13 Å². The van der Waals surface area contributed by atoms with Crippen LogP contribution >= 0.6 is 22.7 Å². The molecule has 0 radical (unpaired) electrons. The summed E-state index contributed by atoms with van der Waals surface area (Å²) in [7, 11) is 0. The minimum Gasteiger partial charge on any atom is -0.489 e. The lowest BCUT2D eigenvalue weighted by molar-refractivity contribution is 0.244. The molecule has 1 aromatic carbocycles. The first-order valence-electron chi connectivity index (χ1n) is 7.84. The molecule has 3 aromatic rings. The molecule has 0 atom stereocenters. The predicted octanol–water partition coefficient (Wildman–Crippen LogP) is 5.29. The summed E-state index contributed by atoms with van der Waals surface area (Å²) >= 11 is 3.16. The Labute approximate surface area is 155 Å². The maximum atomic E-state index is 9.15. The van der Waals surface area contributed by atoms with Crippen LogP contribution in [0.1, 0.15) is 30.1 Å². The van der Waals surface area contributed by atoms with Crippen molar-refractivity contribution >= 4 is 33.5 Å². The van der Waals surface area contributed by atoms with E-state index in [2.05, 4.69) is 21.4 Å². The second-order valence-electron chi connectivity index (χ2n) is 5.80. The van der Waals surface area contributed by atoms with Gasteiger partial charge in [-0.3, -0.25) is 0 Å². The highest BCUT2D eigenvalue weighted by Crippen LogP contribution is 2.35. The summed E-state index contributed by atoms with van der Waals surface area (Å²) in [4.78, 5) is 10.2. The number of ether oxygens (including phenoxy) is 1. The largest absolute Gasteiger partial charge is 0.489 e. The van der Waals surface area contributed by atoms with Gasteiger partial charge in [0.25, 0.3) is 0 Å².